The highest BCUT2D eigenvalue weighted by Gasteiger charge is 2.37. The molecule has 1 aromatic heterocycles. The lowest BCUT2D eigenvalue weighted by Crippen LogP contribution is -2.21. The van der Waals surface area contributed by atoms with E-state index in [0.717, 1.165) is 11.1 Å². The predicted octanol–water partition coefficient (Wildman–Crippen LogP) is 3.71. The fourth-order valence-electron chi connectivity index (χ4n) is 3.78. The van der Waals surface area contributed by atoms with Crippen molar-refractivity contribution in [3.63, 3.8) is 0 Å². The first kappa shape index (κ1) is 20.2. The summed E-state index contributed by atoms with van der Waals surface area (Å²) in [6.07, 6.45) is 0. The van der Waals surface area contributed by atoms with E-state index in [1.54, 1.807) is 14.2 Å². The van der Waals surface area contributed by atoms with Crippen molar-refractivity contribution in [1.29, 1.82) is 5.26 Å². The van der Waals surface area contributed by atoms with Gasteiger partial charge in [0.1, 0.15) is 28.9 Å². The fourth-order valence-corrected chi connectivity index (χ4v) is 3.78. The van der Waals surface area contributed by atoms with Crippen LogP contribution in [0.2, 0.25) is 0 Å². The lowest BCUT2D eigenvalue weighted by Gasteiger charge is -2.25. The van der Waals surface area contributed by atoms with Gasteiger partial charge in [-0.15, -0.1) is 5.10 Å². The van der Waals surface area contributed by atoms with E-state index < -0.39 is 5.92 Å². The summed E-state index contributed by atoms with van der Waals surface area (Å²) in [5, 5.41) is 17.3. The number of nitriles is 1. The Morgan fingerprint density at radius 2 is 1.97 bits per heavy atom. The maximum Gasteiger partial charge on any atom is 0.244 e. The number of methoxy groups -OCH3 is 2. The first-order chi connectivity index (χ1) is 15.1. The maximum atomic E-state index is 9.94. The molecule has 0 radical (unpaired) electrons. The zero-order valence-electron chi connectivity index (χ0n) is 17.4. The molecule has 2 aromatic carbocycles. The molecule has 0 saturated carbocycles. The van der Waals surface area contributed by atoms with Crippen molar-refractivity contribution in [3.05, 3.63) is 65.0 Å². The van der Waals surface area contributed by atoms with Crippen LogP contribution in [0.25, 0.3) is 11.3 Å². The molecule has 158 valence electrons. The molecule has 4 rings (SSSR count). The molecule has 1 aliphatic rings. The molecule has 1 aliphatic heterocycles. The Labute approximate surface area is 179 Å². The van der Waals surface area contributed by atoms with E-state index in [0.29, 0.717) is 41.0 Å². The first-order valence-corrected chi connectivity index (χ1v) is 9.72. The third kappa shape index (κ3) is 3.40. The molecule has 0 fully saturated rings. The van der Waals surface area contributed by atoms with Crippen LogP contribution in [0.15, 0.2) is 53.9 Å². The van der Waals surface area contributed by atoms with Gasteiger partial charge in [0.2, 0.25) is 11.8 Å². The van der Waals surface area contributed by atoms with Crippen LogP contribution in [0, 0.1) is 11.3 Å². The zero-order valence-corrected chi connectivity index (χ0v) is 17.4. The highest BCUT2D eigenvalue weighted by atomic mass is 16.5. The molecule has 2 heterocycles. The van der Waals surface area contributed by atoms with Crippen molar-refractivity contribution < 1.29 is 18.9 Å². The monoisotopic (exact) mass is 418 g/mol. The summed E-state index contributed by atoms with van der Waals surface area (Å²) in [6.45, 7) is 2.39. The number of rotatable bonds is 6. The number of allylic oxidation sites excluding steroid dienone is 1. The van der Waals surface area contributed by atoms with Crippen molar-refractivity contribution in [3.8, 4) is 40.5 Å². The smallest absolute Gasteiger partial charge is 0.244 e. The van der Waals surface area contributed by atoms with Crippen molar-refractivity contribution in [2.75, 3.05) is 20.8 Å². The number of nitrogens with one attached hydrogen (secondary N) is 1. The second kappa shape index (κ2) is 8.32. The predicted molar refractivity (Wildman–Crippen MR) is 114 cm³/mol. The molecule has 0 aliphatic carbocycles. The SMILES string of the molecule is CCOc1ccccc1C1C(C#N)=C(N)Oc2n[nH]c(-c3cc(OC)ccc3OC)c21. The van der Waals surface area contributed by atoms with E-state index in [1.165, 1.54) is 0 Å². The number of ether oxygens (including phenoxy) is 4. The molecular formula is C23H22N4O4. The summed E-state index contributed by atoms with van der Waals surface area (Å²) in [5.74, 6) is 1.70. The average molecular weight is 418 g/mol. The van der Waals surface area contributed by atoms with E-state index >= 15 is 0 Å². The van der Waals surface area contributed by atoms with Crippen LogP contribution in [0.3, 0.4) is 0 Å². The third-order valence-electron chi connectivity index (χ3n) is 5.14. The number of hydrogen-bond donors (Lipinski definition) is 2. The Balaban J connectivity index is 1.99. The molecule has 0 spiro atoms. The lowest BCUT2D eigenvalue weighted by atomic mass is 9.82. The minimum Gasteiger partial charge on any atom is -0.497 e. The Kier molecular flexibility index (Phi) is 5.41. The molecule has 0 amide bonds. The highest BCUT2D eigenvalue weighted by molar-refractivity contribution is 5.76. The molecule has 1 atom stereocenters. The minimum absolute atomic E-state index is 0.0157. The highest BCUT2D eigenvalue weighted by Crippen LogP contribution is 2.49. The number of H-pyrrole nitrogens is 1. The second-order valence-corrected chi connectivity index (χ2v) is 6.78. The Hall–Kier alpha value is -4.12. The van der Waals surface area contributed by atoms with E-state index in [1.807, 2.05) is 49.4 Å². The topological polar surface area (TPSA) is 115 Å². The molecule has 0 saturated heterocycles. The molecule has 8 nitrogen and oxygen atoms in total. The van der Waals surface area contributed by atoms with E-state index in [4.69, 9.17) is 24.7 Å². The van der Waals surface area contributed by atoms with Crippen LogP contribution < -0.4 is 24.7 Å². The van der Waals surface area contributed by atoms with Gasteiger partial charge in [-0.3, -0.25) is 5.10 Å². The number of aromatic nitrogens is 2. The fraction of sp³-hybridized carbons (Fsp3) is 0.217. The van der Waals surface area contributed by atoms with Crippen molar-refractivity contribution in [1.82, 2.24) is 10.2 Å². The molecule has 0 bridgehead atoms. The molecule has 1 unspecified atom stereocenters. The summed E-state index contributed by atoms with van der Waals surface area (Å²) in [4.78, 5) is 0. The van der Waals surface area contributed by atoms with Crippen LogP contribution in [-0.2, 0) is 0 Å². The van der Waals surface area contributed by atoms with Crippen LogP contribution in [0.1, 0.15) is 24.0 Å². The van der Waals surface area contributed by atoms with Gasteiger partial charge in [-0.05, 0) is 31.2 Å². The second-order valence-electron chi connectivity index (χ2n) is 6.78. The molecule has 8 heteroatoms. The van der Waals surface area contributed by atoms with E-state index in [9.17, 15) is 5.26 Å². The van der Waals surface area contributed by atoms with Gasteiger partial charge in [0.15, 0.2) is 0 Å². The molecule has 3 N–H and O–H groups in total. The summed E-state index contributed by atoms with van der Waals surface area (Å²) in [6, 6.07) is 15.2. The quantitative estimate of drug-likeness (QED) is 0.627. The van der Waals surface area contributed by atoms with Gasteiger partial charge in [0.25, 0.3) is 0 Å². The van der Waals surface area contributed by atoms with Crippen LogP contribution in [0.5, 0.6) is 23.1 Å². The average Bonchev–Trinajstić information content (AvgIpc) is 3.21. The molecular weight excluding hydrogens is 396 g/mol. The lowest BCUT2D eigenvalue weighted by molar-refractivity contribution is 0.334. The van der Waals surface area contributed by atoms with Crippen molar-refractivity contribution in [2.24, 2.45) is 5.73 Å². The standard InChI is InChI=1S/C23H22N4O4/c1-4-30-18-8-6-5-7-14(18)19-16(12-24)22(25)31-23-20(19)21(26-27-23)15-11-13(28-2)9-10-17(15)29-3/h5-11,19H,4,25H2,1-3H3,(H,26,27). The number of benzene rings is 2. The van der Waals surface area contributed by atoms with E-state index in [2.05, 4.69) is 16.3 Å². The first-order valence-electron chi connectivity index (χ1n) is 9.72. The van der Waals surface area contributed by atoms with Crippen LogP contribution in [0.4, 0.5) is 0 Å². The van der Waals surface area contributed by atoms with Crippen molar-refractivity contribution in [2.45, 2.75) is 12.8 Å². The summed E-state index contributed by atoms with van der Waals surface area (Å²) in [5.41, 5.74) is 9.20. The Morgan fingerprint density at radius 3 is 2.68 bits per heavy atom. The summed E-state index contributed by atoms with van der Waals surface area (Å²) >= 11 is 0. The number of nitrogens with two attached hydrogens (primary N) is 1. The van der Waals surface area contributed by atoms with Gasteiger partial charge in [-0.1, -0.05) is 18.2 Å². The zero-order chi connectivity index (χ0) is 22.0. The number of hydrogen-bond acceptors (Lipinski definition) is 7. The summed E-state index contributed by atoms with van der Waals surface area (Å²) < 4.78 is 22.5. The Morgan fingerprint density at radius 1 is 1.16 bits per heavy atom. The van der Waals surface area contributed by atoms with Crippen molar-refractivity contribution >= 4 is 0 Å². The normalized spacial score (nSPS) is 15.0. The maximum absolute atomic E-state index is 9.94. The molecule has 3 aromatic rings. The number of fused-ring (bicyclic) bond motifs is 1. The number of aromatic amines is 1. The largest absolute Gasteiger partial charge is 0.497 e. The van der Waals surface area contributed by atoms with Gasteiger partial charge < -0.3 is 24.7 Å². The third-order valence-corrected chi connectivity index (χ3v) is 5.14. The number of nitrogens with zero attached hydrogens (tertiary/aromatic N) is 2. The van der Waals surface area contributed by atoms with E-state index in [-0.39, 0.29) is 11.5 Å². The summed E-state index contributed by atoms with van der Waals surface area (Å²) in [7, 11) is 3.18. The Bertz CT molecular complexity index is 1190. The minimum atomic E-state index is -0.541. The van der Waals surface area contributed by atoms with Gasteiger partial charge in [0.05, 0.1) is 38.0 Å². The van der Waals surface area contributed by atoms with Crippen LogP contribution >= 0.6 is 0 Å². The van der Waals surface area contributed by atoms with Gasteiger partial charge in [-0.2, -0.15) is 5.26 Å². The number of para-hydroxylation sites is 1. The molecule has 31 heavy (non-hydrogen) atoms. The van der Waals surface area contributed by atoms with Gasteiger partial charge in [0, 0.05) is 11.1 Å². The van der Waals surface area contributed by atoms with Crippen LogP contribution in [-0.4, -0.2) is 31.0 Å². The van der Waals surface area contributed by atoms with Gasteiger partial charge in [-0.25, -0.2) is 0 Å². The van der Waals surface area contributed by atoms with Gasteiger partial charge >= 0.3 is 0 Å².